The Morgan fingerprint density at radius 1 is 1.09 bits per heavy atom. The fraction of sp³-hybridized carbons (Fsp3) is 0.259. The summed E-state index contributed by atoms with van der Waals surface area (Å²) in [5.41, 5.74) is 4.98. The smallest absolute Gasteiger partial charge is 0.414 e. The molecule has 2 aliphatic heterocycles. The van der Waals surface area contributed by atoms with Crippen molar-refractivity contribution in [2.75, 3.05) is 36.2 Å². The number of methoxy groups -OCH3 is 1. The summed E-state index contributed by atoms with van der Waals surface area (Å²) in [5.74, 6) is 1.23. The van der Waals surface area contributed by atoms with Gasteiger partial charge >= 0.3 is 6.09 Å². The van der Waals surface area contributed by atoms with Gasteiger partial charge in [0.15, 0.2) is 0 Å². The van der Waals surface area contributed by atoms with Crippen LogP contribution in [0.2, 0.25) is 0 Å². The lowest BCUT2D eigenvalue weighted by Gasteiger charge is -2.20. The van der Waals surface area contributed by atoms with Crippen molar-refractivity contribution in [1.82, 2.24) is 5.32 Å². The highest BCUT2D eigenvalue weighted by Crippen LogP contribution is 2.35. The van der Waals surface area contributed by atoms with Crippen molar-refractivity contribution in [3.8, 4) is 16.9 Å². The number of hydrogen-bond acceptors (Lipinski definition) is 6. The first-order valence-electron chi connectivity index (χ1n) is 11.6. The summed E-state index contributed by atoms with van der Waals surface area (Å²) in [5, 5.41) is 6.33. The highest BCUT2D eigenvalue weighted by molar-refractivity contribution is 8.00. The number of cyclic esters (lactones) is 1. The maximum Gasteiger partial charge on any atom is 0.414 e. The summed E-state index contributed by atoms with van der Waals surface area (Å²) in [4.78, 5) is 26.8. The van der Waals surface area contributed by atoms with Crippen molar-refractivity contribution in [3.63, 3.8) is 0 Å². The maximum absolute atomic E-state index is 12.5. The van der Waals surface area contributed by atoms with Gasteiger partial charge in [0, 0.05) is 17.1 Å². The van der Waals surface area contributed by atoms with Gasteiger partial charge in [0.05, 0.1) is 25.1 Å². The van der Waals surface area contributed by atoms with Crippen molar-refractivity contribution in [2.24, 2.45) is 0 Å². The number of thioether (sulfide) groups is 1. The van der Waals surface area contributed by atoms with Gasteiger partial charge in [-0.2, -0.15) is 0 Å². The average Bonchev–Trinajstić information content (AvgIpc) is 3.26. The predicted molar refractivity (Wildman–Crippen MR) is 138 cm³/mol. The number of carbonyl (C=O) groups is 2. The molecule has 0 bridgehead atoms. The normalized spacial score (nSPS) is 17.1. The van der Waals surface area contributed by atoms with Crippen LogP contribution >= 0.6 is 11.8 Å². The monoisotopic (exact) mass is 489 g/mol. The van der Waals surface area contributed by atoms with E-state index in [1.54, 1.807) is 12.0 Å². The van der Waals surface area contributed by atoms with Crippen LogP contribution < -0.4 is 20.3 Å². The zero-order valence-corrected chi connectivity index (χ0v) is 20.3. The van der Waals surface area contributed by atoms with Gasteiger partial charge in [-0.3, -0.25) is 9.69 Å². The molecule has 1 unspecified atom stereocenters. The zero-order chi connectivity index (χ0) is 24.2. The number of amides is 2. The predicted octanol–water partition coefficient (Wildman–Crippen LogP) is 4.91. The first kappa shape index (κ1) is 23.3. The fourth-order valence-electron chi connectivity index (χ4n) is 4.26. The van der Waals surface area contributed by atoms with Gasteiger partial charge in [-0.1, -0.05) is 30.3 Å². The average molecular weight is 490 g/mol. The number of carbonyl (C=O) groups excluding carboxylic acids is 2. The van der Waals surface area contributed by atoms with E-state index in [-0.39, 0.29) is 18.1 Å². The SMILES string of the molecule is COc1ccc(-c2cccc(CNCCC3CN(c4ccc5c(c4)NC(=O)CS5)C(=O)O3)c2)cc1. The van der Waals surface area contributed by atoms with Crippen LogP contribution in [0.4, 0.5) is 16.2 Å². The summed E-state index contributed by atoms with van der Waals surface area (Å²) in [7, 11) is 1.67. The van der Waals surface area contributed by atoms with E-state index in [0.29, 0.717) is 12.3 Å². The molecule has 3 aromatic carbocycles. The third-order valence-corrected chi connectivity index (χ3v) is 7.18. The minimum absolute atomic E-state index is 0.0258. The van der Waals surface area contributed by atoms with E-state index in [0.717, 1.165) is 52.7 Å². The fourth-order valence-corrected chi connectivity index (χ4v) is 5.05. The highest BCUT2D eigenvalue weighted by atomic mass is 32.2. The topological polar surface area (TPSA) is 79.9 Å². The van der Waals surface area contributed by atoms with Gasteiger partial charge in [0.2, 0.25) is 5.91 Å². The van der Waals surface area contributed by atoms with E-state index >= 15 is 0 Å². The van der Waals surface area contributed by atoms with Crippen molar-refractivity contribution < 1.29 is 19.1 Å². The molecule has 1 atom stereocenters. The highest BCUT2D eigenvalue weighted by Gasteiger charge is 2.32. The number of nitrogens with zero attached hydrogens (tertiary/aromatic N) is 1. The summed E-state index contributed by atoms with van der Waals surface area (Å²) >= 11 is 1.50. The quantitative estimate of drug-likeness (QED) is 0.438. The second kappa shape index (κ2) is 10.4. The van der Waals surface area contributed by atoms with Gasteiger partial charge in [0.25, 0.3) is 0 Å². The number of rotatable bonds is 8. The van der Waals surface area contributed by atoms with E-state index < -0.39 is 0 Å². The molecule has 5 rings (SSSR count). The number of anilines is 2. The Morgan fingerprint density at radius 3 is 2.77 bits per heavy atom. The molecule has 2 heterocycles. The molecule has 0 radical (unpaired) electrons. The Hall–Kier alpha value is -3.49. The van der Waals surface area contributed by atoms with Crippen LogP contribution in [-0.2, 0) is 16.1 Å². The van der Waals surface area contributed by atoms with E-state index in [1.165, 1.54) is 17.3 Å². The molecule has 2 amide bonds. The van der Waals surface area contributed by atoms with Crippen LogP contribution in [0.15, 0.2) is 71.6 Å². The molecule has 0 aliphatic carbocycles. The van der Waals surface area contributed by atoms with Gasteiger partial charge in [-0.25, -0.2) is 4.79 Å². The molecular weight excluding hydrogens is 462 g/mol. The van der Waals surface area contributed by atoms with Crippen molar-refractivity contribution in [3.05, 3.63) is 72.3 Å². The van der Waals surface area contributed by atoms with E-state index in [2.05, 4.69) is 47.0 Å². The molecular formula is C27H27N3O4S. The molecule has 0 aromatic heterocycles. The van der Waals surface area contributed by atoms with Crippen LogP contribution in [-0.4, -0.2) is 44.1 Å². The van der Waals surface area contributed by atoms with Crippen molar-refractivity contribution >= 4 is 35.1 Å². The van der Waals surface area contributed by atoms with Crippen LogP contribution in [0.25, 0.3) is 11.1 Å². The number of benzene rings is 3. The van der Waals surface area contributed by atoms with E-state index in [4.69, 9.17) is 9.47 Å². The molecule has 7 nitrogen and oxygen atoms in total. The second-order valence-corrected chi connectivity index (χ2v) is 9.55. The second-order valence-electron chi connectivity index (χ2n) is 8.53. The maximum atomic E-state index is 12.5. The summed E-state index contributed by atoms with van der Waals surface area (Å²) in [6.45, 7) is 1.96. The third-order valence-electron chi connectivity index (χ3n) is 6.10. The van der Waals surface area contributed by atoms with E-state index in [9.17, 15) is 9.59 Å². The summed E-state index contributed by atoms with van der Waals surface area (Å²) in [6, 6.07) is 22.2. The first-order valence-corrected chi connectivity index (χ1v) is 12.6. The number of fused-ring (bicyclic) bond motifs is 1. The minimum Gasteiger partial charge on any atom is -0.497 e. The molecule has 180 valence electrons. The van der Waals surface area contributed by atoms with Crippen molar-refractivity contribution in [1.29, 1.82) is 0 Å². The zero-order valence-electron chi connectivity index (χ0n) is 19.5. The largest absolute Gasteiger partial charge is 0.497 e. The number of nitrogens with one attached hydrogen (secondary N) is 2. The van der Waals surface area contributed by atoms with Crippen LogP contribution in [0, 0.1) is 0 Å². The molecule has 3 aromatic rings. The molecule has 0 saturated carbocycles. The molecule has 2 N–H and O–H groups in total. The van der Waals surface area contributed by atoms with E-state index in [1.807, 2.05) is 30.3 Å². The van der Waals surface area contributed by atoms with Gasteiger partial charge in [0.1, 0.15) is 11.9 Å². The molecule has 8 heteroatoms. The Morgan fingerprint density at radius 2 is 1.94 bits per heavy atom. The Labute approximate surface area is 208 Å². The lowest BCUT2D eigenvalue weighted by molar-refractivity contribution is -0.113. The Balaban J connectivity index is 1.12. The van der Waals surface area contributed by atoms with Gasteiger partial charge in [-0.05, 0) is 66.1 Å². The first-order chi connectivity index (χ1) is 17.1. The molecule has 2 aliphatic rings. The van der Waals surface area contributed by atoms with Gasteiger partial charge in [-0.15, -0.1) is 11.8 Å². The number of hydrogen-bond donors (Lipinski definition) is 2. The number of ether oxygens (including phenoxy) is 2. The Bertz CT molecular complexity index is 1230. The lowest BCUT2D eigenvalue weighted by atomic mass is 10.0. The third kappa shape index (κ3) is 5.44. The molecule has 1 fully saturated rings. The van der Waals surface area contributed by atoms with Crippen LogP contribution in [0.3, 0.4) is 0 Å². The minimum atomic E-state index is -0.350. The van der Waals surface area contributed by atoms with Crippen LogP contribution in [0.1, 0.15) is 12.0 Å². The standard InChI is InChI=1S/C27H27N3O4S/c1-33-22-8-5-19(6-9-22)20-4-2-3-18(13-20)15-28-12-11-23-16-30(27(32)34-23)21-7-10-25-24(14-21)29-26(31)17-35-25/h2-10,13-14,23,28H,11-12,15-17H2,1H3,(H,29,31). The molecule has 35 heavy (non-hydrogen) atoms. The molecule has 0 spiro atoms. The van der Waals surface area contributed by atoms with Crippen molar-refractivity contribution in [2.45, 2.75) is 24.0 Å². The summed E-state index contributed by atoms with van der Waals surface area (Å²) in [6.07, 6.45) is 0.190. The Kier molecular flexibility index (Phi) is 6.92. The van der Waals surface area contributed by atoms with Crippen LogP contribution in [0.5, 0.6) is 5.75 Å². The summed E-state index contributed by atoms with van der Waals surface area (Å²) < 4.78 is 10.8. The van der Waals surface area contributed by atoms with Gasteiger partial charge < -0.3 is 20.1 Å². The molecule has 1 saturated heterocycles. The lowest BCUT2D eigenvalue weighted by Crippen LogP contribution is -2.26.